The Balaban J connectivity index is 2.30. The Hall–Kier alpha value is -1.22. The van der Waals surface area contributed by atoms with E-state index >= 15 is 0 Å². The minimum atomic E-state index is 0.710. The molecule has 0 unspecified atom stereocenters. The number of allylic oxidation sites excluding steroid dienone is 1. The fourth-order valence-electron chi connectivity index (χ4n) is 1.45. The molecular weight excluding hydrogens is 206 g/mol. The molecule has 0 spiro atoms. The first-order valence-corrected chi connectivity index (χ1v) is 5.57. The zero-order valence-corrected chi connectivity index (χ0v) is 9.50. The van der Waals surface area contributed by atoms with Crippen molar-refractivity contribution in [1.82, 2.24) is 4.98 Å². The number of nitrogens with zero attached hydrogens (tertiary/aromatic N) is 1. The Labute approximate surface area is 94.4 Å². The van der Waals surface area contributed by atoms with Gasteiger partial charge in [0.15, 0.2) is 11.5 Å². The average molecular weight is 219 g/mol. The standard InChI is InChI=1S/C12H13NOS/c1-9-13-11-6-5-10(4-2-3-7-15)8-12(11)14-9/h2,4-6,8,15H,3,7H2,1H3. The number of rotatable bonds is 3. The summed E-state index contributed by atoms with van der Waals surface area (Å²) in [5.41, 5.74) is 2.90. The Kier molecular flexibility index (Phi) is 3.11. The number of hydrogen-bond donors (Lipinski definition) is 1. The predicted molar refractivity (Wildman–Crippen MR) is 66.3 cm³/mol. The van der Waals surface area contributed by atoms with Crippen LogP contribution in [0.25, 0.3) is 17.2 Å². The molecule has 78 valence electrons. The second-order valence-electron chi connectivity index (χ2n) is 3.37. The highest BCUT2D eigenvalue weighted by Gasteiger charge is 2.00. The predicted octanol–water partition coefficient (Wildman–Crippen LogP) is 3.47. The molecule has 0 aliphatic rings. The molecule has 2 nitrogen and oxygen atoms in total. The molecule has 0 fully saturated rings. The Morgan fingerprint density at radius 1 is 1.47 bits per heavy atom. The third-order valence-corrected chi connectivity index (χ3v) is 2.38. The second-order valence-corrected chi connectivity index (χ2v) is 3.82. The first kappa shape index (κ1) is 10.3. The fraction of sp³-hybridized carbons (Fsp3) is 0.250. The summed E-state index contributed by atoms with van der Waals surface area (Å²) < 4.78 is 5.45. The zero-order valence-electron chi connectivity index (χ0n) is 8.60. The summed E-state index contributed by atoms with van der Waals surface area (Å²) in [7, 11) is 0. The maximum Gasteiger partial charge on any atom is 0.192 e. The minimum Gasteiger partial charge on any atom is -0.441 e. The summed E-state index contributed by atoms with van der Waals surface area (Å²) in [6.45, 7) is 1.86. The lowest BCUT2D eigenvalue weighted by atomic mass is 10.2. The van der Waals surface area contributed by atoms with E-state index in [2.05, 4.69) is 29.8 Å². The van der Waals surface area contributed by atoms with E-state index in [9.17, 15) is 0 Å². The van der Waals surface area contributed by atoms with Crippen molar-refractivity contribution in [3.05, 3.63) is 35.7 Å². The quantitative estimate of drug-likeness (QED) is 0.800. The van der Waals surface area contributed by atoms with Gasteiger partial charge in [-0.05, 0) is 29.9 Å². The summed E-state index contributed by atoms with van der Waals surface area (Å²) in [4.78, 5) is 4.25. The molecule has 0 N–H and O–H groups in total. The van der Waals surface area contributed by atoms with Gasteiger partial charge in [-0.1, -0.05) is 18.2 Å². The van der Waals surface area contributed by atoms with Gasteiger partial charge in [-0.25, -0.2) is 4.98 Å². The van der Waals surface area contributed by atoms with Crippen LogP contribution in [0, 0.1) is 6.92 Å². The van der Waals surface area contributed by atoms with E-state index in [1.54, 1.807) is 0 Å². The van der Waals surface area contributed by atoms with Crippen LogP contribution in [0.2, 0.25) is 0 Å². The minimum absolute atomic E-state index is 0.710. The van der Waals surface area contributed by atoms with Crippen LogP contribution in [0.5, 0.6) is 0 Å². The van der Waals surface area contributed by atoms with Gasteiger partial charge in [-0.15, -0.1) is 0 Å². The van der Waals surface area contributed by atoms with Gasteiger partial charge in [-0.3, -0.25) is 0 Å². The van der Waals surface area contributed by atoms with Crippen molar-refractivity contribution in [1.29, 1.82) is 0 Å². The number of aryl methyl sites for hydroxylation is 1. The SMILES string of the molecule is Cc1nc2ccc(C=CCCS)cc2o1. The molecule has 0 radical (unpaired) electrons. The van der Waals surface area contributed by atoms with E-state index in [1.807, 2.05) is 25.1 Å². The molecule has 0 aliphatic carbocycles. The number of hydrogen-bond acceptors (Lipinski definition) is 3. The zero-order chi connectivity index (χ0) is 10.7. The van der Waals surface area contributed by atoms with E-state index in [1.165, 1.54) is 0 Å². The highest BCUT2D eigenvalue weighted by atomic mass is 32.1. The van der Waals surface area contributed by atoms with Crippen LogP contribution < -0.4 is 0 Å². The molecule has 2 rings (SSSR count). The van der Waals surface area contributed by atoms with Crippen LogP contribution in [-0.2, 0) is 0 Å². The second kappa shape index (κ2) is 4.53. The molecule has 15 heavy (non-hydrogen) atoms. The maximum absolute atomic E-state index is 5.45. The number of thiol groups is 1. The largest absolute Gasteiger partial charge is 0.441 e. The summed E-state index contributed by atoms with van der Waals surface area (Å²) in [5.74, 6) is 1.58. The lowest BCUT2D eigenvalue weighted by molar-refractivity contribution is 0.561. The fourth-order valence-corrected chi connectivity index (χ4v) is 1.60. The van der Waals surface area contributed by atoms with Crippen molar-refractivity contribution in [3.8, 4) is 0 Å². The van der Waals surface area contributed by atoms with Gasteiger partial charge in [0.25, 0.3) is 0 Å². The van der Waals surface area contributed by atoms with Gasteiger partial charge in [0, 0.05) is 6.92 Å². The third-order valence-electron chi connectivity index (χ3n) is 2.13. The van der Waals surface area contributed by atoms with Crippen LogP contribution >= 0.6 is 12.6 Å². The van der Waals surface area contributed by atoms with Crippen LogP contribution in [0.4, 0.5) is 0 Å². The first-order valence-electron chi connectivity index (χ1n) is 4.94. The summed E-state index contributed by atoms with van der Waals surface area (Å²) >= 11 is 4.15. The molecule has 2 aromatic rings. The molecule has 1 heterocycles. The molecule has 0 amide bonds. The summed E-state index contributed by atoms with van der Waals surface area (Å²) in [5, 5.41) is 0. The van der Waals surface area contributed by atoms with E-state index in [0.29, 0.717) is 5.89 Å². The van der Waals surface area contributed by atoms with Crippen molar-refractivity contribution in [2.75, 3.05) is 5.75 Å². The van der Waals surface area contributed by atoms with E-state index in [4.69, 9.17) is 4.42 Å². The number of benzene rings is 1. The molecule has 0 saturated heterocycles. The van der Waals surface area contributed by atoms with Crippen LogP contribution in [0.15, 0.2) is 28.7 Å². The van der Waals surface area contributed by atoms with Gasteiger partial charge in [0.2, 0.25) is 0 Å². The Bertz CT molecular complexity index is 487. The van der Waals surface area contributed by atoms with Gasteiger partial charge >= 0.3 is 0 Å². The average Bonchev–Trinajstić information content (AvgIpc) is 2.57. The van der Waals surface area contributed by atoms with Gasteiger partial charge in [-0.2, -0.15) is 12.6 Å². The monoisotopic (exact) mass is 219 g/mol. The molecular formula is C12H13NOS. The Morgan fingerprint density at radius 2 is 2.33 bits per heavy atom. The third kappa shape index (κ3) is 2.42. The van der Waals surface area contributed by atoms with E-state index in [0.717, 1.165) is 28.8 Å². The van der Waals surface area contributed by atoms with Crippen molar-refractivity contribution < 1.29 is 4.42 Å². The molecule has 0 aliphatic heterocycles. The molecule has 3 heteroatoms. The molecule has 1 aromatic heterocycles. The van der Waals surface area contributed by atoms with Crippen molar-refractivity contribution in [2.24, 2.45) is 0 Å². The van der Waals surface area contributed by atoms with Gasteiger partial charge in [0.05, 0.1) is 0 Å². The Morgan fingerprint density at radius 3 is 3.13 bits per heavy atom. The topological polar surface area (TPSA) is 26.0 Å². The lowest BCUT2D eigenvalue weighted by Gasteiger charge is -1.92. The van der Waals surface area contributed by atoms with Crippen LogP contribution in [0.3, 0.4) is 0 Å². The normalized spacial score (nSPS) is 11.6. The smallest absolute Gasteiger partial charge is 0.192 e. The van der Waals surface area contributed by atoms with Crippen LogP contribution in [-0.4, -0.2) is 10.7 Å². The summed E-state index contributed by atoms with van der Waals surface area (Å²) in [6, 6.07) is 6.02. The van der Waals surface area contributed by atoms with Crippen molar-refractivity contribution >= 4 is 29.8 Å². The summed E-state index contributed by atoms with van der Waals surface area (Å²) in [6.07, 6.45) is 5.17. The van der Waals surface area contributed by atoms with Crippen molar-refractivity contribution in [3.63, 3.8) is 0 Å². The molecule has 1 aromatic carbocycles. The van der Waals surface area contributed by atoms with Crippen molar-refractivity contribution in [2.45, 2.75) is 13.3 Å². The number of aromatic nitrogens is 1. The lowest BCUT2D eigenvalue weighted by Crippen LogP contribution is -1.73. The highest BCUT2D eigenvalue weighted by molar-refractivity contribution is 7.80. The number of fused-ring (bicyclic) bond motifs is 1. The first-order chi connectivity index (χ1) is 7.29. The van der Waals surface area contributed by atoms with E-state index in [-0.39, 0.29) is 0 Å². The highest BCUT2D eigenvalue weighted by Crippen LogP contribution is 2.17. The molecule has 0 saturated carbocycles. The van der Waals surface area contributed by atoms with Gasteiger partial charge in [0.1, 0.15) is 5.52 Å². The molecule has 0 bridgehead atoms. The van der Waals surface area contributed by atoms with Gasteiger partial charge < -0.3 is 4.42 Å². The van der Waals surface area contributed by atoms with Crippen LogP contribution in [0.1, 0.15) is 17.9 Å². The molecule has 0 atom stereocenters. The number of oxazole rings is 1. The maximum atomic E-state index is 5.45. The van der Waals surface area contributed by atoms with E-state index < -0.39 is 0 Å².